The molecule has 0 saturated heterocycles. The largest absolute Gasteiger partial charge is 0.384 e. The number of benzene rings is 2. The van der Waals surface area contributed by atoms with Crippen LogP contribution in [0, 0.1) is 5.82 Å². The van der Waals surface area contributed by atoms with E-state index >= 15 is 0 Å². The third-order valence-corrected chi connectivity index (χ3v) is 3.68. The molecule has 2 aromatic carbocycles. The lowest BCUT2D eigenvalue weighted by Gasteiger charge is -2.24. The Morgan fingerprint density at radius 3 is 2.27 bits per heavy atom. The van der Waals surface area contributed by atoms with Crippen molar-refractivity contribution in [3.63, 3.8) is 0 Å². The number of hydrogen-bond donors (Lipinski definition) is 2. The zero-order chi connectivity index (χ0) is 16.2. The van der Waals surface area contributed by atoms with Crippen LogP contribution in [-0.2, 0) is 12.0 Å². The van der Waals surface area contributed by atoms with Crippen molar-refractivity contribution in [2.24, 2.45) is 0 Å². The van der Waals surface area contributed by atoms with Crippen molar-refractivity contribution >= 4 is 5.91 Å². The van der Waals surface area contributed by atoms with Crippen LogP contribution in [0.1, 0.15) is 35.3 Å². The molecule has 4 heteroatoms. The first-order valence-electron chi connectivity index (χ1n) is 7.28. The number of aryl methyl sites for hydroxylation is 1. The minimum Gasteiger partial charge on any atom is -0.384 e. The molecule has 1 atom stereocenters. The normalized spacial score (nSPS) is 13.5. The van der Waals surface area contributed by atoms with Gasteiger partial charge in [-0.05, 0) is 48.7 Å². The molecular weight excluding hydrogens is 281 g/mol. The van der Waals surface area contributed by atoms with E-state index in [2.05, 4.69) is 12.2 Å². The molecule has 0 fully saturated rings. The van der Waals surface area contributed by atoms with Crippen molar-refractivity contribution in [2.75, 3.05) is 6.54 Å². The van der Waals surface area contributed by atoms with Gasteiger partial charge in [-0.25, -0.2) is 4.39 Å². The highest BCUT2D eigenvalue weighted by atomic mass is 19.1. The monoisotopic (exact) mass is 301 g/mol. The average molecular weight is 301 g/mol. The molecule has 0 radical (unpaired) electrons. The quantitative estimate of drug-likeness (QED) is 0.892. The number of amides is 1. The van der Waals surface area contributed by atoms with Crippen molar-refractivity contribution in [1.82, 2.24) is 5.32 Å². The molecule has 0 saturated carbocycles. The molecule has 0 bridgehead atoms. The molecular formula is C18H20FNO2. The van der Waals surface area contributed by atoms with Gasteiger partial charge in [0.15, 0.2) is 0 Å². The second-order valence-electron chi connectivity index (χ2n) is 5.51. The summed E-state index contributed by atoms with van der Waals surface area (Å²) in [6.45, 7) is 3.68. The third-order valence-electron chi connectivity index (χ3n) is 3.68. The summed E-state index contributed by atoms with van der Waals surface area (Å²) in [4.78, 5) is 12.1. The summed E-state index contributed by atoms with van der Waals surface area (Å²) in [5.74, 6) is -0.607. The highest BCUT2D eigenvalue weighted by Crippen LogP contribution is 2.20. The predicted octanol–water partition coefficient (Wildman–Crippen LogP) is 3.03. The van der Waals surface area contributed by atoms with Crippen LogP contribution in [0.4, 0.5) is 4.39 Å². The zero-order valence-corrected chi connectivity index (χ0v) is 12.8. The number of rotatable bonds is 5. The van der Waals surface area contributed by atoms with Crippen LogP contribution in [0.5, 0.6) is 0 Å². The SMILES string of the molecule is CCc1ccc(C(=O)NCC(C)(O)c2ccc(F)cc2)cc1. The van der Waals surface area contributed by atoms with Crippen molar-refractivity contribution in [1.29, 1.82) is 0 Å². The van der Waals surface area contributed by atoms with Crippen molar-refractivity contribution in [3.05, 3.63) is 71.0 Å². The molecule has 2 N–H and O–H groups in total. The van der Waals surface area contributed by atoms with Gasteiger partial charge in [-0.3, -0.25) is 4.79 Å². The van der Waals surface area contributed by atoms with Crippen molar-refractivity contribution in [3.8, 4) is 0 Å². The van der Waals surface area contributed by atoms with Crippen molar-refractivity contribution in [2.45, 2.75) is 25.9 Å². The van der Waals surface area contributed by atoms with Gasteiger partial charge in [0.2, 0.25) is 0 Å². The first-order valence-corrected chi connectivity index (χ1v) is 7.28. The van der Waals surface area contributed by atoms with Gasteiger partial charge in [-0.2, -0.15) is 0 Å². The molecule has 0 heterocycles. The van der Waals surface area contributed by atoms with Gasteiger partial charge >= 0.3 is 0 Å². The Bertz CT molecular complexity index is 633. The molecule has 0 aliphatic carbocycles. The fourth-order valence-electron chi connectivity index (χ4n) is 2.16. The van der Waals surface area contributed by atoms with Crippen LogP contribution in [0.15, 0.2) is 48.5 Å². The maximum Gasteiger partial charge on any atom is 0.251 e. The lowest BCUT2D eigenvalue weighted by atomic mass is 9.96. The minimum atomic E-state index is -1.26. The van der Waals surface area contributed by atoms with Crippen LogP contribution < -0.4 is 5.32 Å². The van der Waals surface area contributed by atoms with E-state index < -0.39 is 5.60 Å². The van der Waals surface area contributed by atoms with E-state index in [4.69, 9.17) is 0 Å². The summed E-state index contributed by atoms with van der Waals surface area (Å²) < 4.78 is 12.9. The Kier molecular flexibility index (Phi) is 4.93. The fraction of sp³-hybridized carbons (Fsp3) is 0.278. The van der Waals surface area contributed by atoms with E-state index in [1.54, 1.807) is 19.1 Å². The molecule has 1 amide bonds. The second kappa shape index (κ2) is 6.71. The van der Waals surface area contributed by atoms with Crippen LogP contribution in [0.3, 0.4) is 0 Å². The molecule has 2 aromatic rings. The highest BCUT2D eigenvalue weighted by molar-refractivity contribution is 5.94. The Morgan fingerprint density at radius 2 is 1.73 bits per heavy atom. The van der Waals surface area contributed by atoms with E-state index in [-0.39, 0.29) is 18.3 Å². The number of aliphatic hydroxyl groups is 1. The van der Waals surface area contributed by atoms with E-state index in [1.807, 2.05) is 12.1 Å². The predicted molar refractivity (Wildman–Crippen MR) is 84.1 cm³/mol. The van der Waals surface area contributed by atoms with Gasteiger partial charge < -0.3 is 10.4 Å². The van der Waals surface area contributed by atoms with Crippen LogP contribution >= 0.6 is 0 Å². The zero-order valence-electron chi connectivity index (χ0n) is 12.8. The summed E-state index contributed by atoms with van der Waals surface area (Å²) in [5, 5.41) is 13.1. The first kappa shape index (κ1) is 16.2. The maximum atomic E-state index is 12.9. The number of carbonyl (C=O) groups is 1. The minimum absolute atomic E-state index is 0.0486. The fourth-order valence-corrected chi connectivity index (χ4v) is 2.16. The first-order chi connectivity index (χ1) is 10.4. The maximum absolute atomic E-state index is 12.9. The van der Waals surface area contributed by atoms with Gasteiger partial charge in [-0.15, -0.1) is 0 Å². The second-order valence-corrected chi connectivity index (χ2v) is 5.51. The molecule has 1 unspecified atom stereocenters. The summed E-state index contributed by atoms with van der Waals surface area (Å²) in [5.41, 5.74) is 1.00. The molecule has 3 nitrogen and oxygen atoms in total. The smallest absolute Gasteiger partial charge is 0.251 e. The van der Waals surface area contributed by atoms with Gasteiger partial charge in [0, 0.05) is 5.56 Å². The summed E-state index contributed by atoms with van der Waals surface area (Å²) in [6.07, 6.45) is 0.918. The lowest BCUT2D eigenvalue weighted by molar-refractivity contribution is 0.0526. The summed E-state index contributed by atoms with van der Waals surface area (Å²) in [6, 6.07) is 12.9. The number of halogens is 1. The van der Waals surface area contributed by atoms with Gasteiger partial charge in [0.25, 0.3) is 5.91 Å². The Morgan fingerprint density at radius 1 is 1.14 bits per heavy atom. The average Bonchev–Trinajstić information content (AvgIpc) is 2.53. The van der Waals surface area contributed by atoms with Gasteiger partial charge in [-0.1, -0.05) is 31.2 Å². The van der Waals surface area contributed by atoms with E-state index in [0.717, 1.165) is 12.0 Å². The summed E-state index contributed by atoms with van der Waals surface area (Å²) in [7, 11) is 0. The van der Waals surface area contributed by atoms with E-state index in [9.17, 15) is 14.3 Å². The van der Waals surface area contributed by atoms with E-state index in [0.29, 0.717) is 11.1 Å². The third kappa shape index (κ3) is 3.92. The molecule has 116 valence electrons. The lowest BCUT2D eigenvalue weighted by Crippen LogP contribution is -2.38. The number of nitrogens with one attached hydrogen (secondary N) is 1. The molecule has 0 spiro atoms. The standard InChI is InChI=1S/C18H20FNO2/c1-3-13-4-6-14(7-5-13)17(21)20-12-18(2,22)15-8-10-16(19)11-9-15/h4-11,22H,3,12H2,1-2H3,(H,20,21). The summed E-state index contributed by atoms with van der Waals surface area (Å²) >= 11 is 0. The Balaban J connectivity index is 2.01. The Hall–Kier alpha value is -2.20. The van der Waals surface area contributed by atoms with Gasteiger partial charge in [0.1, 0.15) is 11.4 Å². The Labute approximate surface area is 129 Å². The molecule has 0 aliphatic rings. The van der Waals surface area contributed by atoms with Crippen molar-refractivity contribution < 1.29 is 14.3 Å². The molecule has 0 aliphatic heterocycles. The number of hydrogen-bond acceptors (Lipinski definition) is 2. The van der Waals surface area contributed by atoms with Gasteiger partial charge in [0.05, 0.1) is 6.54 Å². The number of carbonyl (C=O) groups excluding carboxylic acids is 1. The van der Waals surface area contributed by atoms with Crippen LogP contribution in [0.25, 0.3) is 0 Å². The van der Waals surface area contributed by atoms with Crippen LogP contribution in [0.2, 0.25) is 0 Å². The van der Waals surface area contributed by atoms with E-state index in [1.165, 1.54) is 24.3 Å². The molecule has 2 rings (SSSR count). The topological polar surface area (TPSA) is 49.3 Å². The molecule has 22 heavy (non-hydrogen) atoms. The highest BCUT2D eigenvalue weighted by Gasteiger charge is 2.24. The van der Waals surface area contributed by atoms with Crippen LogP contribution in [-0.4, -0.2) is 17.6 Å². The molecule has 0 aromatic heterocycles.